The lowest BCUT2D eigenvalue weighted by atomic mass is 9.90. The third-order valence-corrected chi connectivity index (χ3v) is 6.53. The molecule has 2 aliphatic heterocycles. The van der Waals surface area contributed by atoms with Gasteiger partial charge in [0.15, 0.2) is 11.5 Å². The van der Waals surface area contributed by atoms with Crippen molar-refractivity contribution < 1.29 is 14.2 Å². The Kier molecular flexibility index (Phi) is 6.66. The number of likely N-dealkylation sites (tertiary alicyclic amines) is 1. The summed E-state index contributed by atoms with van der Waals surface area (Å²) in [4.78, 5) is 2.59. The summed E-state index contributed by atoms with van der Waals surface area (Å²) in [7, 11) is 0. The molecule has 2 heterocycles. The highest BCUT2D eigenvalue weighted by Gasteiger charge is 2.21. The van der Waals surface area contributed by atoms with Crippen LogP contribution in [0, 0.1) is 5.92 Å². The maximum atomic E-state index is 5.87. The predicted octanol–water partition coefficient (Wildman–Crippen LogP) is 5.46. The molecule has 1 saturated heterocycles. The molecule has 156 valence electrons. The van der Waals surface area contributed by atoms with Gasteiger partial charge in [0, 0.05) is 11.0 Å². The summed E-state index contributed by atoms with van der Waals surface area (Å²) in [5, 5.41) is 0. The van der Waals surface area contributed by atoms with Gasteiger partial charge >= 0.3 is 0 Å². The van der Waals surface area contributed by atoms with E-state index in [4.69, 9.17) is 14.2 Å². The molecule has 5 heteroatoms. The number of ether oxygens (including phenoxy) is 3. The highest BCUT2D eigenvalue weighted by atomic mass is 79.9. The molecule has 2 aromatic carbocycles. The molecule has 0 atom stereocenters. The number of halogens is 1. The molecule has 0 aromatic heterocycles. The topological polar surface area (TPSA) is 30.9 Å². The number of piperidine rings is 1. The van der Waals surface area contributed by atoms with E-state index in [2.05, 4.69) is 58.9 Å². The van der Waals surface area contributed by atoms with Gasteiger partial charge < -0.3 is 19.1 Å². The molecule has 0 bridgehead atoms. The van der Waals surface area contributed by atoms with E-state index in [1.165, 1.54) is 41.5 Å². The Morgan fingerprint density at radius 3 is 2.66 bits per heavy atom. The lowest BCUT2D eigenvalue weighted by Gasteiger charge is -2.32. The average Bonchev–Trinajstić information content (AvgIpc) is 3.17. The smallest absolute Gasteiger partial charge is 0.231 e. The molecule has 0 radical (unpaired) electrons. The van der Waals surface area contributed by atoms with Crippen LogP contribution in [0.5, 0.6) is 17.2 Å². The van der Waals surface area contributed by atoms with Gasteiger partial charge in [-0.15, -0.1) is 0 Å². The quantitative estimate of drug-likeness (QED) is 0.549. The van der Waals surface area contributed by atoms with Crippen LogP contribution in [0.3, 0.4) is 0 Å². The van der Waals surface area contributed by atoms with Crippen LogP contribution in [0.1, 0.15) is 37.8 Å². The predicted molar refractivity (Wildman–Crippen MR) is 119 cm³/mol. The van der Waals surface area contributed by atoms with Gasteiger partial charge in [-0.25, -0.2) is 0 Å². The van der Waals surface area contributed by atoms with Crippen LogP contribution in [-0.4, -0.2) is 37.4 Å². The van der Waals surface area contributed by atoms with E-state index in [9.17, 15) is 0 Å². The molecule has 0 unspecified atom stereocenters. The van der Waals surface area contributed by atoms with E-state index in [-0.39, 0.29) is 6.10 Å². The van der Waals surface area contributed by atoms with Crippen LogP contribution in [0.25, 0.3) is 0 Å². The van der Waals surface area contributed by atoms with Gasteiger partial charge in [0.2, 0.25) is 6.79 Å². The fraction of sp³-hybridized carbons (Fsp3) is 0.500. The lowest BCUT2D eigenvalue weighted by molar-refractivity contribution is 0.174. The fourth-order valence-corrected chi connectivity index (χ4v) is 4.57. The first-order valence-corrected chi connectivity index (χ1v) is 11.4. The number of nitrogens with zero attached hydrogens (tertiary/aromatic N) is 1. The first-order valence-electron chi connectivity index (χ1n) is 10.6. The molecule has 2 aliphatic rings. The molecule has 2 aromatic rings. The summed E-state index contributed by atoms with van der Waals surface area (Å²) in [5.41, 5.74) is 2.68. The largest absolute Gasteiger partial charge is 0.491 e. The maximum absolute atomic E-state index is 5.87. The van der Waals surface area contributed by atoms with Gasteiger partial charge in [-0.1, -0.05) is 22.0 Å². The minimum absolute atomic E-state index is 0.206. The highest BCUT2D eigenvalue weighted by molar-refractivity contribution is 9.10. The molecular formula is C24H30BrNO3. The first kappa shape index (κ1) is 20.5. The monoisotopic (exact) mass is 459 g/mol. The van der Waals surface area contributed by atoms with Gasteiger partial charge in [0.25, 0.3) is 0 Å². The van der Waals surface area contributed by atoms with Crippen molar-refractivity contribution in [3.8, 4) is 17.2 Å². The van der Waals surface area contributed by atoms with Crippen LogP contribution >= 0.6 is 15.9 Å². The van der Waals surface area contributed by atoms with Crippen molar-refractivity contribution in [2.75, 3.05) is 26.4 Å². The standard InChI is InChI=1S/C24H30BrNO3/c1-17(2)29-21-4-5-22(25)20(15-21)13-19-8-11-26(12-9-19)10-7-18-3-6-23-24(14-18)28-16-27-23/h3-6,14-15,17,19H,7-13,16H2,1-2H3. The van der Waals surface area contributed by atoms with Gasteiger partial charge in [0.1, 0.15) is 5.75 Å². The molecule has 0 aliphatic carbocycles. The molecule has 29 heavy (non-hydrogen) atoms. The van der Waals surface area contributed by atoms with Crippen molar-refractivity contribution >= 4 is 15.9 Å². The van der Waals surface area contributed by atoms with E-state index in [1.807, 2.05) is 12.1 Å². The van der Waals surface area contributed by atoms with E-state index >= 15 is 0 Å². The molecule has 0 spiro atoms. The minimum atomic E-state index is 0.206. The molecule has 0 amide bonds. The second-order valence-electron chi connectivity index (χ2n) is 8.35. The van der Waals surface area contributed by atoms with Crippen molar-refractivity contribution in [2.24, 2.45) is 5.92 Å². The van der Waals surface area contributed by atoms with E-state index in [0.29, 0.717) is 6.79 Å². The van der Waals surface area contributed by atoms with Gasteiger partial charge in [-0.05, 0) is 100.0 Å². The lowest BCUT2D eigenvalue weighted by Crippen LogP contribution is -2.35. The minimum Gasteiger partial charge on any atom is -0.491 e. The van der Waals surface area contributed by atoms with E-state index in [1.54, 1.807) is 0 Å². The molecule has 1 fully saturated rings. The Hall–Kier alpha value is -1.72. The zero-order chi connectivity index (χ0) is 20.2. The summed E-state index contributed by atoms with van der Waals surface area (Å²) in [6.45, 7) is 7.94. The average molecular weight is 460 g/mol. The summed E-state index contributed by atoms with van der Waals surface area (Å²) >= 11 is 3.72. The van der Waals surface area contributed by atoms with Crippen molar-refractivity contribution in [3.05, 3.63) is 52.0 Å². The maximum Gasteiger partial charge on any atom is 0.231 e. The van der Waals surface area contributed by atoms with Crippen LogP contribution in [0.2, 0.25) is 0 Å². The number of rotatable bonds is 7. The summed E-state index contributed by atoms with van der Waals surface area (Å²) in [6, 6.07) is 12.7. The normalized spacial score (nSPS) is 17.1. The van der Waals surface area contributed by atoms with Crippen molar-refractivity contribution in [1.29, 1.82) is 0 Å². The third kappa shape index (κ3) is 5.46. The van der Waals surface area contributed by atoms with Crippen LogP contribution in [-0.2, 0) is 12.8 Å². The third-order valence-electron chi connectivity index (χ3n) is 5.76. The van der Waals surface area contributed by atoms with Crippen LogP contribution < -0.4 is 14.2 Å². The fourth-order valence-electron chi connectivity index (χ4n) is 4.16. The van der Waals surface area contributed by atoms with Gasteiger partial charge in [0.05, 0.1) is 6.10 Å². The molecule has 4 nitrogen and oxygen atoms in total. The van der Waals surface area contributed by atoms with E-state index < -0.39 is 0 Å². The van der Waals surface area contributed by atoms with Crippen molar-refractivity contribution in [1.82, 2.24) is 4.90 Å². The Morgan fingerprint density at radius 1 is 1.07 bits per heavy atom. The molecule has 0 N–H and O–H groups in total. The molecule has 0 saturated carbocycles. The molecule has 4 rings (SSSR count). The Morgan fingerprint density at radius 2 is 1.86 bits per heavy atom. The zero-order valence-electron chi connectivity index (χ0n) is 17.3. The summed E-state index contributed by atoms with van der Waals surface area (Å²) < 4.78 is 18.0. The second kappa shape index (κ2) is 9.40. The van der Waals surface area contributed by atoms with Crippen molar-refractivity contribution in [3.63, 3.8) is 0 Å². The van der Waals surface area contributed by atoms with Gasteiger partial charge in [-0.2, -0.15) is 0 Å². The van der Waals surface area contributed by atoms with Gasteiger partial charge in [-0.3, -0.25) is 0 Å². The number of hydrogen-bond acceptors (Lipinski definition) is 4. The van der Waals surface area contributed by atoms with Crippen LogP contribution in [0.4, 0.5) is 0 Å². The summed E-state index contributed by atoms with van der Waals surface area (Å²) in [6.07, 6.45) is 4.89. The Balaban J connectivity index is 1.25. The second-order valence-corrected chi connectivity index (χ2v) is 9.20. The van der Waals surface area contributed by atoms with Crippen molar-refractivity contribution in [2.45, 2.75) is 45.6 Å². The number of hydrogen-bond donors (Lipinski definition) is 0. The Bertz CT molecular complexity index is 831. The van der Waals surface area contributed by atoms with Crippen LogP contribution in [0.15, 0.2) is 40.9 Å². The van der Waals surface area contributed by atoms with E-state index in [0.717, 1.165) is 42.6 Å². The number of fused-ring (bicyclic) bond motifs is 1. The number of benzene rings is 2. The molecular weight excluding hydrogens is 430 g/mol. The summed E-state index contributed by atoms with van der Waals surface area (Å²) in [5.74, 6) is 3.46. The first-order chi connectivity index (χ1) is 14.1. The zero-order valence-corrected chi connectivity index (χ0v) is 18.9. The SMILES string of the molecule is CC(C)Oc1ccc(Br)c(CC2CCN(CCc3ccc4c(c3)OCO4)CC2)c1. The highest BCUT2D eigenvalue weighted by Crippen LogP contribution is 2.33. The Labute approximate surface area is 182 Å².